The molecule has 3 aliphatic rings. The standard InChI is InChI=1S/C31H48F2/c1-3-5-7-9-11-22-12-14-25-20-26(16-15-24(25)18-22)30-29(32)21-27-19-23(10-8-6-4-2)13-17-28(27)31(30)33/h21-26H,3-20H2,1-2H3. The fraction of sp³-hybridized carbons (Fsp3) is 0.806. The summed E-state index contributed by atoms with van der Waals surface area (Å²) in [5, 5.41) is 0. The van der Waals surface area contributed by atoms with Crippen LogP contribution in [0.5, 0.6) is 0 Å². The first-order valence-corrected chi connectivity index (χ1v) is 14.6. The van der Waals surface area contributed by atoms with E-state index in [1.54, 1.807) is 6.07 Å². The fourth-order valence-electron chi connectivity index (χ4n) is 7.61. The summed E-state index contributed by atoms with van der Waals surface area (Å²) in [7, 11) is 0. The van der Waals surface area contributed by atoms with Crippen molar-refractivity contribution in [3.63, 3.8) is 0 Å². The summed E-state index contributed by atoms with van der Waals surface area (Å²) >= 11 is 0. The normalized spacial score (nSPS) is 29.5. The van der Waals surface area contributed by atoms with Crippen LogP contribution in [0.4, 0.5) is 8.78 Å². The SMILES string of the molecule is CCCCCCC1CCC2CC(c3c(F)cc4c(c3F)CCC(CCCCC)C4)CCC2C1. The molecule has 0 spiro atoms. The molecule has 3 aliphatic carbocycles. The topological polar surface area (TPSA) is 0 Å². The van der Waals surface area contributed by atoms with Crippen molar-refractivity contribution in [1.29, 1.82) is 0 Å². The highest BCUT2D eigenvalue weighted by molar-refractivity contribution is 5.39. The summed E-state index contributed by atoms with van der Waals surface area (Å²) in [6.45, 7) is 4.51. The van der Waals surface area contributed by atoms with Crippen molar-refractivity contribution in [2.24, 2.45) is 23.7 Å². The van der Waals surface area contributed by atoms with E-state index in [0.717, 1.165) is 55.1 Å². The highest BCUT2D eigenvalue weighted by atomic mass is 19.1. The minimum Gasteiger partial charge on any atom is -0.207 e. The van der Waals surface area contributed by atoms with Crippen LogP contribution in [-0.4, -0.2) is 0 Å². The predicted octanol–water partition coefficient (Wildman–Crippen LogP) is 9.92. The zero-order valence-electron chi connectivity index (χ0n) is 21.4. The molecule has 0 nitrogen and oxygen atoms in total. The smallest absolute Gasteiger partial charge is 0.133 e. The first kappa shape index (κ1) is 25.2. The Bertz CT molecular complexity index is 754. The van der Waals surface area contributed by atoms with Crippen molar-refractivity contribution >= 4 is 0 Å². The third-order valence-corrected chi connectivity index (χ3v) is 9.57. The van der Waals surface area contributed by atoms with Crippen molar-refractivity contribution in [1.82, 2.24) is 0 Å². The zero-order chi connectivity index (χ0) is 23.2. The van der Waals surface area contributed by atoms with E-state index in [4.69, 9.17) is 0 Å². The third kappa shape index (κ3) is 6.21. The van der Waals surface area contributed by atoms with Crippen LogP contribution in [0.1, 0.15) is 139 Å². The van der Waals surface area contributed by atoms with Gasteiger partial charge in [-0.2, -0.15) is 0 Å². The second-order valence-electron chi connectivity index (χ2n) is 11.9. The maximum absolute atomic E-state index is 15.7. The Hall–Kier alpha value is -0.920. The molecule has 0 heterocycles. The van der Waals surface area contributed by atoms with Gasteiger partial charge in [-0.15, -0.1) is 0 Å². The molecule has 5 unspecified atom stereocenters. The number of hydrogen-bond donors (Lipinski definition) is 0. The Morgan fingerprint density at radius 1 is 0.758 bits per heavy atom. The molecule has 0 aromatic heterocycles. The molecule has 1 aromatic rings. The molecule has 0 radical (unpaired) electrons. The van der Waals surface area contributed by atoms with E-state index in [-0.39, 0.29) is 17.6 Å². The molecule has 0 saturated heterocycles. The molecule has 0 N–H and O–H groups in total. The summed E-state index contributed by atoms with van der Waals surface area (Å²) in [6, 6.07) is 1.74. The van der Waals surface area contributed by atoms with E-state index < -0.39 is 0 Å². The number of hydrogen-bond acceptors (Lipinski definition) is 0. The molecule has 5 atom stereocenters. The van der Waals surface area contributed by atoms with Crippen LogP contribution in [0.3, 0.4) is 0 Å². The highest BCUT2D eigenvalue weighted by Gasteiger charge is 2.38. The number of benzene rings is 1. The van der Waals surface area contributed by atoms with Crippen LogP contribution < -0.4 is 0 Å². The number of halogens is 2. The van der Waals surface area contributed by atoms with Crippen molar-refractivity contribution in [3.8, 4) is 0 Å². The van der Waals surface area contributed by atoms with E-state index in [1.807, 2.05) is 0 Å². The van der Waals surface area contributed by atoms with Crippen molar-refractivity contribution in [3.05, 3.63) is 34.4 Å². The Morgan fingerprint density at radius 3 is 2.27 bits per heavy atom. The minimum atomic E-state index is -0.242. The van der Waals surface area contributed by atoms with Gasteiger partial charge in [0, 0.05) is 5.56 Å². The lowest BCUT2D eigenvalue weighted by molar-refractivity contribution is 0.111. The van der Waals surface area contributed by atoms with Crippen LogP contribution in [0, 0.1) is 35.3 Å². The van der Waals surface area contributed by atoms with Crippen LogP contribution in [-0.2, 0) is 12.8 Å². The lowest BCUT2D eigenvalue weighted by Gasteiger charge is -2.42. The zero-order valence-corrected chi connectivity index (χ0v) is 21.4. The van der Waals surface area contributed by atoms with Gasteiger partial charge in [0.2, 0.25) is 0 Å². The van der Waals surface area contributed by atoms with E-state index in [1.165, 1.54) is 83.5 Å². The van der Waals surface area contributed by atoms with Gasteiger partial charge in [-0.05, 0) is 98.1 Å². The van der Waals surface area contributed by atoms with Gasteiger partial charge in [0.25, 0.3) is 0 Å². The van der Waals surface area contributed by atoms with E-state index in [0.29, 0.717) is 17.4 Å². The molecule has 4 rings (SSSR count). The Morgan fingerprint density at radius 2 is 1.45 bits per heavy atom. The Balaban J connectivity index is 1.36. The van der Waals surface area contributed by atoms with Crippen LogP contribution in [0.2, 0.25) is 0 Å². The first-order chi connectivity index (χ1) is 16.1. The first-order valence-electron chi connectivity index (χ1n) is 14.6. The second-order valence-corrected chi connectivity index (χ2v) is 11.9. The lowest BCUT2D eigenvalue weighted by atomic mass is 9.63. The molecule has 0 bridgehead atoms. The monoisotopic (exact) mass is 458 g/mol. The van der Waals surface area contributed by atoms with Crippen molar-refractivity contribution in [2.75, 3.05) is 0 Å². The lowest BCUT2D eigenvalue weighted by Crippen LogP contribution is -2.31. The van der Waals surface area contributed by atoms with Crippen LogP contribution in [0.15, 0.2) is 6.07 Å². The van der Waals surface area contributed by atoms with Crippen molar-refractivity contribution in [2.45, 2.75) is 135 Å². The summed E-state index contributed by atoms with van der Waals surface area (Å²) in [4.78, 5) is 0. The van der Waals surface area contributed by atoms with Crippen molar-refractivity contribution < 1.29 is 8.78 Å². The maximum Gasteiger partial charge on any atom is 0.133 e. The van der Waals surface area contributed by atoms with Crippen LogP contribution in [0.25, 0.3) is 0 Å². The van der Waals surface area contributed by atoms with Gasteiger partial charge in [0.15, 0.2) is 0 Å². The molecule has 1 aromatic carbocycles. The number of fused-ring (bicyclic) bond motifs is 2. The van der Waals surface area contributed by atoms with E-state index >= 15 is 8.78 Å². The number of rotatable bonds is 10. The maximum atomic E-state index is 15.7. The molecule has 2 heteroatoms. The average molecular weight is 459 g/mol. The average Bonchev–Trinajstić information content (AvgIpc) is 2.82. The second kappa shape index (κ2) is 12.2. The van der Waals surface area contributed by atoms with E-state index in [9.17, 15) is 0 Å². The summed E-state index contributed by atoms with van der Waals surface area (Å²) in [5.74, 6) is 2.70. The van der Waals surface area contributed by atoms with Crippen LogP contribution >= 0.6 is 0 Å². The highest BCUT2D eigenvalue weighted by Crippen LogP contribution is 2.50. The molecule has 2 fully saturated rings. The molecular weight excluding hydrogens is 410 g/mol. The van der Waals surface area contributed by atoms with Gasteiger partial charge in [0.1, 0.15) is 11.6 Å². The largest absolute Gasteiger partial charge is 0.207 e. The molecular formula is C31H48F2. The molecule has 2 saturated carbocycles. The molecule has 0 aliphatic heterocycles. The van der Waals surface area contributed by atoms with Gasteiger partial charge in [-0.25, -0.2) is 8.78 Å². The van der Waals surface area contributed by atoms with Gasteiger partial charge < -0.3 is 0 Å². The van der Waals surface area contributed by atoms with Gasteiger partial charge in [-0.3, -0.25) is 0 Å². The quantitative estimate of drug-likeness (QED) is 0.306. The number of unbranched alkanes of at least 4 members (excludes halogenated alkanes) is 5. The predicted molar refractivity (Wildman–Crippen MR) is 136 cm³/mol. The molecule has 186 valence electrons. The summed E-state index contributed by atoms with van der Waals surface area (Å²) in [5.41, 5.74) is 2.29. The Labute approximate surface area is 202 Å². The van der Waals surface area contributed by atoms with E-state index in [2.05, 4.69) is 13.8 Å². The summed E-state index contributed by atoms with van der Waals surface area (Å²) < 4.78 is 31.0. The third-order valence-electron chi connectivity index (χ3n) is 9.57. The molecule has 33 heavy (non-hydrogen) atoms. The van der Waals surface area contributed by atoms with Gasteiger partial charge in [0.05, 0.1) is 0 Å². The minimum absolute atomic E-state index is 0.0972. The van der Waals surface area contributed by atoms with Gasteiger partial charge in [-0.1, -0.05) is 78.1 Å². The fourth-order valence-corrected chi connectivity index (χ4v) is 7.61. The summed E-state index contributed by atoms with van der Waals surface area (Å²) in [6.07, 6.45) is 21.8. The van der Waals surface area contributed by atoms with Gasteiger partial charge >= 0.3 is 0 Å². The molecule has 0 amide bonds. The Kier molecular flexibility index (Phi) is 9.28.